The lowest BCUT2D eigenvalue weighted by Gasteiger charge is -1.87. The van der Waals surface area contributed by atoms with E-state index in [4.69, 9.17) is 21.1 Å². The molecule has 0 bridgehead atoms. The van der Waals surface area contributed by atoms with Crippen LogP contribution in [0.25, 0.3) is 0 Å². The zero-order chi connectivity index (χ0) is 9.14. The second kappa shape index (κ2) is 3.58. The van der Waals surface area contributed by atoms with Gasteiger partial charge in [0.15, 0.2) is 5.15 Å². The lowest BCUT2D eigenvalue weighted by molar-refractivity contribution is -0.136. The number of rotatable bonds is 3. The zero-order valence-electron chi connectivity index (χ0n) is 6.50. The van der Waals surface area contributed by atoms with E-state index in [9.17, 15) is 4.79 Å². The van der Waals surface area contributed by atoms with Crippen LogP contribution in [0.1, 0.15) is 18.6 Å². The Morgan fingerprint density at radius 1 is 1.75 bits per heavy atom. The van der Waals surface area contributed by atoms with Crippen molar-refractivity contribution in [1.29, 1.82) is 0 Å². The zero-order valence-corrected chi connectivity index (χ0v) is 7.26. The van der Waals surface area contributed by atoms with E-state index in [1.54, 1.807) is 0 Å². The van der Waals surface area contributed by atoms with Gasteiger partial charge in [-0.25, -0.2) is 4.98 Å². The van der Waals surface area contributed by atoms with E-state index in [0.717, 1.165) is 0 Å². The molecule has 0 aromatic carbocycles. The van der Waals surface area contributed by atoms with Gasteiger partial charge in [0.05, 0.1) is 0 Å². The minimum atomic E-state index is -0.976. The molecular formula is C7H8ClNO3. The summed E-state index contributed by atoms with van der Waals surface area (Å²) in [7, 11) is 0. The molecule has 0 spiro atoms. The number of aromatic nitrogens is 1. The summed E-state index contributed by atoms with van der Waals surface area (Å²) in [5.41, 5.74) is 0. The normalized spacial score (nSPS) is 10.2. The maximum absolute atomic E-state index is 10.2. The first kappa shape index (κ1) is 9.06. The van der Waals surface area contributed by atoms with E-state index in [-0.39, 0.29) is 17.5 Å². The molecule has 0 aliphatic rings. The van der Waals surface area contributed by atoms with E-state index in [1.807, 2.05) is 6.92 Å². The molecule has 4 nitrogen and oxygen atoms in total. The Morgan fingerprint density at radius 3 is 2.83 bits per heavy atom. The van der Waals surface area contributed by atoms with Crippen LogP contribution in [0.2, 0.25) is 5.15 Å². The number of aliphatic carboxylic acids is 1. The first-order chi connectivity index (χ1) is 5.63. The summed E-state index contributed by atoms with van der Waals surface area (Å²) in [5, 5.41) is 8.65. The number of aryl methyl sites for hydroxylation is 1. The largest absolute Gasteiger partial charge is 0.481 e. The van der Waals surface area contributed by atoms with Crippen molar-refractivity contribution in [3.63, 3.8) is 0 Å². The Bertz CT molecular complexity index is 295. The third-order valence-corrected chi connectivity index (χ3v) is 1.61. The second-order valence-corrected chi connectivity index (χ2v) is 2.60. The molecule has 1 aromatic rings. The van der Waals surface area contributed by atoms with E-state index in [0.29, 0.717) is 12.2 Å². The summed E-state index contributed by atoms with van der Waals surface area (Å²) in [6.45, 7) is 1.86. The quantitative estimate of drug-likeness (QED) is 0.783. The summed E-state index contributed by atoms with van der Waals surface area (Å²) in [5.74, 6) is -0.284. The third-order valence-electron chi connectivity index (χ3n) is 1.32. The van der Waals surface area contributed by atoms with E-state index in [1.165, 1.54) is 0 Å². The number of carboxylic acid groups (broad SMARTS) is 1. The van der Waals surface area contributed by atoms with Gasteiger partial charge in [-0.3, -0.25) is 4.79 Å². The molecule has 0 aliphatic heterocycles. The Kier molecular flexibility index (Phi) is 2.70. The number of halogens is 1. The molecule has 1 N–H and O–H groups in total. The Balaban J connectivity index is 2.82. The highest BCUT2D eigenvalue weighted by molar-refractivity contribution is 6.30. The molecular weight excluding hydrogens is 182 g/mol. The molecule has 1 rings (SSSR count). The summed E-state index contributed by atoms with van der Waals surface area (Å²) in [4.78, 5) is 14.0. The standard InChI is InChI=1S/C7H8ClNO3/c1-2-4-7(8)9-5(12-4)3-6(10)11/h2-3H2,1H3,(H,10,11). The van der Waals surface area contributed by atoms with Crippen LogP contribution in [0.5, 0.6) is 0 Å². The summed E-state index contributed by atoms with van der Waals surface area (Å²) >= 11 is 5.63. The van der Waals surface area contributed by atoms with Crippen molar-refractivity contribution in [2.45, 2.75) is 19.8 Å². The first-order valence-electron chi connectivity index (χ1n) is 3.49. The van der Waals surface area contributed by atoms with Gasteiger partial charge in [-0.15, -0.1) is 0 Å². The molecule has 0 atom stereocenters. The number of hydrogen-bond donors (Lipinski definition) is 1. The van der Waals surface area contributed by atoms with Crippen molar-refractivity contribution in [3.05, 3.63) is 16.8 Å². The molecule has 0 aliphatic carbocycles. The second-order valence-electron chi connectivity index (χ2n) is 2.25. The van der Waals surface area contributed by atoms with Crippen molar-refractivity contribution in [2.24, 2.45) is 0 Å². The molecule has 0 saturated carbocycles. The topological polar surface area (TPSA) is 63.3 Å². The van der Waals surface area contributed by atoms with Crippen molar-refractivity contribution in [1.82, 2.24) is 4.98 Å². The number of nitrogens with zero attached hydrogens (tertiary/aromatic N) is 1. The van der Waals surface area contributed by atoms with Crippen molar-refractivity contribution in [2.75, 3.05) is 0 Å². The van der Waals surface area contributed by atoms with Gasteiger partial charge in [-0.1, -0.05) is 18.5 Å². The van der Waals surface area contributed by atoms with E-state index >= 15 is 0 Å². The van der Waals surface area contributed by atoms with Crippen LogP contribution in [-0.2, 0) is 17.6 Å². The van der Waals surface area contributed by atoms with Gasteiger partial charge in [0, 0.05) is 6.42 Å². The monoisotopic (exact) mass is 189 g/mol. The summed E-state index contributed by atoms with van der Waals surface area (Å²) in [6.07, 6.45) is 0.394. The molecule has 0 radical (unpaired) electrons. The Morgan fingerprint density at radius 2 is 2.42 bits per heavy atom. The maximum Gasteiger partial charge on any atom is 0.312 e. The highest BCUT2D eigenvalue weighted by atomic mass is 35.5. The van der Waals surface area contributed by atoms with Crippen LogP contribution in [0.4, 0.5) is 0 Å². The van der Waals surface area contributed by atoms with Gasteiger partial charge in [-0.05, 0) is 0 Å². The Labute approximate surface area is 74.2 Å². The van der Waals surface area contributed by atoms with Gasteiger partial charge in [-0.2, -0.15) is 0 Å². The highest BCUT2D eigenvalue weighted by Gasteiger charge is 2.11. The fraction of sp³-hybridized carbons (Fsp3) is 0.429. The number of hydrogen-bond acceptors (Lipinski definition) is 3. The highest BCUT2D eigenvalue weighted by Crippen LogP contribution is 2.17. The van der Waals surface area contributed by atoms with Crippen LogP contribution in [0.15, 0.2) is 4.42 Å². The molecule has 1 heterocycles. The maximum atomic E-state index is 10.2. The minimum Gasteiger partial charge on any atom is -0.481 e. The summed E-state index contributed by atoms with van der Waals surface area (Å²) in [6, 6.07) is 0. The smallest absolute Gasteiger partial charge is 0.312 e. The van der Waals surface area contributed by atoms with Crippen LogP contribution in [0.3, 0.4) is 0 Å². The average Bonchev–Trinajstić information content (AvgIpc) is 2.29. The van der Waals surface area contributed by atoms with Crippen LogP contribution in [0, 0.1) is 0 Å². The van der Waals surface area contributed by atoms with Crippen molar-refractivity contribution >= 4 is 17.6 Å². The van der Waals surface area contributed by atoms with Crippen LogP contribution >= 0.6 is 11.6 Å². The van der Waals surface area contributed by atoms with Gasteiger partial charge < -0.3 is 9.52 Å². The fourth-order valence-corrected chi connectivity index (χ4v) is 1.07. The van der Waals surface area contributed by atoms with Gasteiger partial charge in [0.1, 0.15) is 12.2 Å². The fourth-order valence-electron chi connectivity index (χ4n) is 0.802. The molecule has 66 valence electrons. The van der Waals surface area contributed by atoms with Crippen LogP contribution < -0.4 is 0 Å². The molecule has 12 heavy (non-hydrogen) atoms. The number of carboxylic acids is 1. The minimum absolute atomic E-state index is 0.157. The summed E-state index contributed by atoms with van der Waals surface area (Å²) < 4.78 is 5.05. The predicted molar refractivity (Wildman–Crippen MR) is 42.2 cm³/mol. The number of carbonyl (C=O) groups is 1. The molecule has 0 saturated heterocycles. The molecule has 0 fully saturated rings. The lowest BCUT2D eigenvalue weighted by Crippen LogP contribution is -1.99. The average molecular weight is 190 g/mol. The van der Waals surface area contributed by atoms with Gasteiger partial charge in [0.25, 0.3) is 0 Å². The Hall–Kier alpha value is -1.03. The lowest BCUT2D eigenvalue weighted by atomic mass is 10.4. The molecule has 0 unspecified atom stereocenters. The third kappa shape index (κ3) is 1.98. The van der Waals surface area contributed by atoms with Crippen molar-refractivity contribution < 1.29 is 14.3 Å². The van der Waals surface area contributed by atoms with Gasteiger partial charge >= 0.3 is 5.97 Å². The van der Waals surface area contributed by atoms with Gasteiger partial charge in [0.2, 0.25) is 5.89 Å². The molecule has 1 aromatic heterocycles. The molecule has 5 heteroatoms. The SMILES string of the molecule is CCc1oc(CC(=O)O)nc1Cl. The first-order valence-corrected chi connectivity index (χ1v) is 3.87. The van der Waals surface area contributed by atoms with E-state index in [2.05, 4.69) is 4.98 Å². The predicted octanol–water partition coefficient (Wildman–Crippen LogP) is 1.52. The number of oxazole rings is 1. The van der Waals surface area contributed by atoms with Crippen molar-refractivity contribution in [3.8, 4) is 0 Å². The van der Waals surface area contributed by atoms with Crippen LogP contribution in [-0.4, -0.2) is 16.1 Å². The van der Waals surface area contributed by atoms with E-state index < -0.39 is 5.97 Å². The molecule has 0 amide bonds.